The Bertz CT molecular complexity index is 449. The lowest BCUT2D eigenvalue weighted by Crippen LogP contribution is -2.40. The number of hydrogen-bond donors (Lipinski definition) is 0. The van der Waals surface area contributed by atoms with Crippen molar-refractivity contribution in [2.75, 3.05) is 0 Å². The molecular formula is C13H23BrN2OSi. The molecule has 2 heterocycles. The lowest BCUT2D eigenvalue weighted by Gasteiger charge is -2.35. The van der Waals surface area contributed by atoms with Crippen molar-refractivity contribution >= 4 is 24.2 Å². The summed E-state index contributed by atoms with van der Waals surface area (Å²) in [6.45, 7) is 13.0. The third-order valence-corrected chi connectivity index (χ3v) is 9.61. The maximum Gasteiger partial charge on any atom is 0.192 e. The van der Waals surface area contributed by atoms with Gasteiger partial charge in [-0.3, -0.25) is 4.68 Å². The van der Waals surface area contributed by atoms with E-state index < -0.39 is 8.32 Å². The highest BCUT2D eigenvalue weighted by Gasteiger charge is 2.37. The largest absolute Gasteiger partial charge is 0.411 e. The van der Waals surface area contributed by atoms with Crippen LogP contribution in [0.4, 0.5) is 0 Å². The van der Waals surface area contributed by atoms with E-state index in [0.29, 0.717) is 6.61 Å². The molecule has 0 aliphatic carbocycles. The summed E-state index contributed by atoms with van der Waals surface area (Å²) < 4.78 is 9.52. The summed E-state index contributed by atoms with van der Waals surface area (Å²) in [6, 6.07) is 0. The topological polar surface area (TPSA) is 27.1 Å². The number of aromatic nitrogens is 2. The second-order valence-corrected chi connectivity index (χ2v) is 12.2. The third kappa shape index (κ3) is 2.58. The van der Waals surface area contributed by atoms with E-state index in [1.54, 1.807) is 0 Å². The molecule has 5 heteroatoms. The summed E-state index contributed by atoms with van der Waals surface area (Å²) in [5.41, 5.74) is 2.40. The first-order valence-corrected chi connectivity index (χ1v) is 10.3. The highest BCUT2D eigenvalue weighted by atomic mass is 79.9. The number of halogens is 1. The van der Waals surface area contributed by atoms with Crippen molar-refractivity contribution in [2.24, 2.45) is 0 Å². The van der Waals surface area contributed by atoms with E-state index in [4.69, 9.17) is 4.43 Å². The van der Waals surface area contributed by atoms with E-state index >= 15 is 0 Å². The molecule has 0 saturated heterocycles. The summed E-state index contributed by atoms with van der Waals surface area (Å²) in [6.07, 6.45) is 2.35. The van der Waals surface area contributed by atoms with Gasteiger partial charge in [-0.15, -0.1) is 0 Å². The molecule has 2 rings (SSSR count). The van der Waals surface area contributed by atoms with E-state index in [0.717, 1.165) is 18.7 Å². The first kappa shape index (κ1) is 14.3. The zero-order valence-electron chi connectivity index (χ0n) is 12.0. The van der Waals surface area contributed by atoms with Gasteiger partial charge in [-0.2, -0.15) is 5.10 Å². The van der Waals surface area contributed by atoms with Crippen molar-refractivity contribution in [3.05, 3.63) is 15.9 Å². The lowest BCUT2D eigenvalue weighted by molar-refractivity contribution is 0.270. The number of rotatable bonds is 3. The van der Waals surface area contributed by atoms with E-state index in [1.807, 2.05) is 0 Å². The van der Waals surface area contributed by atoms with Crippen LogP contribution < -0.4 is 0 Å². The molecule has 18 heavy (non-hydrogen) atoms. The molecule has 0 saturated carbocycles. The molecule has 0 fully saturated rings. The molecule has 0 aromatic carbocycles. The maximum absolute atomic E-state index is 6.23. The van der Waals surface area contributed by atoms with Gasteiger partial charge in [0.1, 0.15) is 5.69 Å². The van der Waals surface area contributed by atoms with Crippen LogP contribution in [0, 0.1) is 0 Å². The monoisotopic (exact) mass is 330 g/mol. The first-order valence-electron chi connectivity index (χ1n) is 6.60. The summed E-state index contributed by atoms with van der Waals surface area (Å²) in [5, 5.41) is 4.89. The molecule has 0 radical (unpaired) electrons. The fourth-order valence-electron chi connectivity index (χ4n) is 1.91. The molecule has 102 valence electrons. The SMILES string of the molecule is CC(C)(C)[Si](C)(C)OCc1nn2c(c1Br)CCC2. The molecule has 3 nitrogen and oxygen atoms in total. The fourth-order valence-corrected chi connectivity index (χ4v) is 3.43. The van der Waals surface area contributed by atoms with E-state index in [9.17, 15) is 0 Å². The van der Waals surface area contributed by atoms with Crippen molar-refractivity contribution < 1.29 is 4.43 Å². The van der Waals surface area contributed by atoms with Gasteiger partial charge in [0, 0.05) is 6.54 Å². The standard InChI is InChI=1S/C13H23BrN2OSi/c1-13(2,3)18(4,5)17-9-10-12(14)11-7-6-8-16(11)15-10/h6-9H2,1-5H3. The van der Waals surface area contributed by atoms with Crippen molar-refractivity contribution in [1.82, 2.24) is 9.78 Å². The smallest absolute Gasteiger partial charge is 0.192 e. The molecule has 1 aliphatic heterocycles. The first-order chi connectivity index (χ1) is 8.22. The van der Waals surface area contributed by atoms with Crippen molar-refractivity contribution in [1.29, 1.82) is 0 Å². The van der Waals surface area contributed by atoms with Crippen LogP contribution in [-0.2, 0) is 24.0 Å². The van der Waals surface area contributed by atoms with Gasteiger partial charge in [0.25, 0.3) is 0 Å². The zero-order valence-corrected chi connectivity index (χ0v) is 14.6. The summed E-state index contributed by atoms with van der Waals surface area (Å²) >= 11 is 3.67. The van der Waals surface area contributed by atoms with E-state index in [-0.39, 0.29) is 5.04 Å². The van der Waals surface area contributed by atoms with Crippen LogP contribution in [0.2, 0.25) is 18.1 Å². The maximum atomic E-state index is 6.23. The van der Waals surface area contributed by atoms with Gasteiger partial charge in [-0.05, 0) is 46.9 Å². The Kier molecular flexibility index (Phi) is 3.78. The number of nitrogens with zero attached hydrogens (tertiary/aromatic N) is 2. The Labute approximate surface area is 119 Å². The molecule has 1 aliphatic rings. The molecule has 1 aromatic heterocycles. The van der Waals surface area contributed by atoms with Gasteiger partial charge in [-0.25, -0.2) is 0 Å². The molecular weight excluding hydrogens is 308 g/mol. The average Bonchev–Trinajstić information content (AvgIpc) is 2.78. The van der Waals surface area contributed by atoms with Crippen molar-refractivity contribution in [3.63, 3.8) is 0 Å². The van der Waals surface area contributed by atoms with Gasteiger partial charge in [-0.1, -0.05) is 20.8 Å². The highest BCUT2D eigenvalue weighted by molar-refractivity contribution is 9.10. The predicted octanol–water partition coefficient (Wildman–Crippen LogP) is 4.11. The normalized spacial score (nSPS) is 16.1. The van der Waals surface area contributed by atoms with Crippen LogP contribution in [-0.4, -0.2) is 18.1 Å². The minimum absolute atomic E-state index is 0.252. The molecule has 0 spiro atoms. The second-order valence-electron chi connectivity index (χ2n) is 6.58. The van der Waals surface area contributed by atoms with Crippen molar-refractivity contribution in [2.45, 2.75) is 64.9 Å². The van der Waals surface area contributed by atoms with Crippen LogP contribution in [0.25, 0.3) is 0 Å². The second kappa shape index (κ2) is 4.76. The minimum Gasteiger partial charge on any atom is -0.411 e. The zero-order chi connectivity index (χ0) is 13.6. The molecule has 0 bridgehead atoms. The average molecular weight is 331 g/mol. The van der Waals surface area contributed by atoms with Gasteiger partial charge in [0.15, 0.2) is 8.32 Å². The van der Waals surface area contributed by atoms with Crippen LogP contribution in [0.15, 0.2) is 4.47 Å². The summed E-state index contributed by atoms with van der Waals surface area (Å²) in [7, 11) is -1.68. The van der Waals surface area contributed by atoms with Crippen LogP contribution in [0.1, 0.15) is 38.6 Å². The van der Waals surface area contributed by atoms with Crippen molar-refractivity contribution in [3.8, 4) is 0 Å². The predicted molar refractivity (Wildman–Crippen MR) is 80.2 cm³/mol. The summed E-state index contributed by atoms with van der Waals surface area (Å²) in [4.78, 5) is 0. The molecule has 0 atom stereocenters. The Balaban J connectivity index is 2.08. The van der Waals surface area contributed by atoms with E-state index in [1.165, 1.54) is 16.6 Å². The Morgan fingerprint density at radius 2 is 2.06 bits per heavy atom. The quantitative estimate of drug-likeness (QED) is 0.779. The minimum atomic E-state index is -1.68. The summed E-state index contributed by atoms with van der Waals surface area (Å²) in [5.74, 6) is 0. The van der Waals surface area contributed by atoms with Crippen LogP contribution in [0.3, 0.4) is 0 Å². The van der Waals surface area contributed by atoms with Gasteiger partial charge in [0.2, 0.25) is 0 Å². The van der Waals surface area contributed by atoms with Crippen LogP contribution >= 0.6 is 15.9 Å². The van der Waals surface area contributed by atoms with Gasteiger partial charge >= 0.3 is 0 Å². The number of hydrogen-bond acceptors (Lipinski definition) is 2. The Morgan fingerprint density at radius 3 is 2.61 bits per heavy atom. The number of fused-ring (bicyclic) bond motifs is 1. The van der Waals surface area contributed by atoms with E-state index in [2.05, 4.69) is 59.6 Å². The van der Waals surface area contributed by atoms with Crippen LogP contribution in [0.5, 0.6) is 0 Å². The van der Waals surface area contributed by atoms with Gasteiger partial charge < -0.3 is 4.43 Å². The Hall–Kier alpha value is -0.133. The Morgan fingerprint density at radius 1 is 1.39 bits per heavy atom. The fraction of sp³-hybridized carbons (Fsp3) is 0.769. The number of aryl methyl sites for hydroxylation is 1. The molecule has 0 amide bonds. The lowest BCUT2D eigenvalue weighted by atomic mass is 10.2. The highest BCUT2D eigenvalue weighted by Crippen LogP contribution is 2.37. The molecule has 1 aromatic rings. The third-order valence-electron chi connectivity index (χ3n) is 4.22. The molecule has 0 unspecified atom stereocenters. The molecule has 0 N–H and O–H groups in total. The van der Waals surface area contributed by atoms with Gasteiger partial charge in [0.05, 0.1) is 16.8 Å².